The molecule has 2 aromatic carbocycles. The third-order valence-electron chi connectivity index (χ3n) is 4.16. The molecule has 4 rings (SSSR count). The minimum Gasteiger partial charge on any atom is -0.332 e. The summed E-state index contributed by atoms with van der Waals surface area (Å²) in [4.78, 5) is 27.2. The first-order valence-corrected chi connectivity index (χ1v) is 8.00. The van der Waals surface area contributed by atoms with Gasteiger partial charge < -0.3 is 10.3 Å². The van der Waals surface area contributed by atoms with Gasteiger partial charge in [0.2, 0.25) is 5.95 Å². The molecule has 6 nitrogen and oxygen atoms in total. The molecule has 0 radical (unpaired) electrons. The monoisotopic (exact) mass is 331 g/mol. The molecule has 6 heteroatoms. The molecule has 3 N–H and O–H groups in total. The van der Waals surface area contributed by atoms with E-state index in [9.17, 15) is 4.79 Å². The number of H-pyrrole nitrogens is 2. The van der Waals surface area contributed by atoms with Crippen LogP contribution < -0.4 is 10.9 Å². The number of benzene rings is 2. The molecule has 2 aromatic heterocycles. The smallest absolute Gasteiger partial charge is 0.278 e. The largest absolute Gasteiger partial charge is 0.332 e. The fraction of sp³-hybridized carbons (Fsp3) is 0.105. The third kappa shape index (κ3) is 2.78. The van der Waals surface area contributed by atoms with Gasteiger partial charge in [0, 0.05) is 11.3 Å². The molecule has 0 unspecified atom stereocenters. The Labute approximate surface area is 144 Å². The Kier molecular flexibility index (Phi) is 3.57. The molecule has 25 heavy (non-hydrogen) atoms. The lowest BCUT2D eigenvalue weighted by atomic mass is 10.1. The number of fused-ring (bicyclic) bond motifs is 1. The molecule has 0 aliphatic carbocycles. The van der Waals surface area contributed by atoms with E-state index in [1.165, 1.54) is 0 Å². The van der Waals surface area contributed by atoms with Gasteiger partial charge in [-0.2, -0.15) is 4.98 Å². The van der Waals surface area contributed by atoms with Gasteiger partial charge in [-0.1, -0.05) is 42.5 Å². The number of nitrogens with one attached hydrogen (secondary N) is 3. The Hall–Kier alpha value is -3.41. The van der Waals surface area contributed by atoms with Crippen LogP contribution in [0.4, 0.5) is 11.6 Å². The summed E-state index contributed by atoms with van der Waals surface area (Å²) >= 11 is 0. The van der Waals surface area contributed by atoms with E-state index in [0.717, 1.165) is 22.4 Å². The van der Waals surface area contributed by atoms with Crippen molar-refractivity contribution >= 4 is 22.8 Å². The summed E-state index contributed by atoms with van der Waals surface area (Å²) in [5, 5.41) is 3.15. The number of aromatic amines is 2. The van der Waals surface area contributed by atoms with Crippen LogP contribution in [-0.2, 0) is 0 Å². The number of rotatable bonds is 3. The summed E-state index contributed by atoms with van der Waals surface area (Å²) in [5.41, 5.74) is 4.48. The summed E-state index contributed by atoms with van der Waals surface area (Å²) in [6.07, 6.45) is 0. The van der Waals surface area contributed by atoms with Crippen molar-refractivity contribution in [2.45, 2.75) is 13.8 Å². The molecular weight excluding hydrogens is 314 g/mol. The van der Waals surface area contributed by atoms with E-state index in [4.69, 9.17) is 0 Å². The second kappa shape index (κ2) is 5.90. The topological polar surface area (TPSA) is 86.5 Å². The number of para-hydroxylation sites is 1. The lowest BCUT2D eigenvalue weighted by Crippen LogP contribution is -2.11. The van der Waals surface area contributed by atoms with Crippen LogP contribution in [0.15, 0.2) is 53.3 Å². The molecule has 4 aromatic rings. The average Bonchev–Trinajstić information content (AvgIpc) is 3.02. The van der Waals surface area contributed by atoms with Gasteiger partial charge in [-0.25, -0.2) is 4.98 Å². The van der Waals surface area contributed by atoms with E-state index in [1.54, 1.807) is 0 Å². The highest BCUT2D eigenvalue weighted by Gasteiger charge is 2.12. The van der Waals surface area contributed by atoms with E-state index >= 15 is 0 Å². The predicted octanol–water partition coefficient (Wildman–Crippen LogP) is 3.67. The quantitative estimate of drug-likeness (QED) is 0.534. The number of hydrogen-bond acceptors (Lipinski definition) is 4. The number of aromatic nitrogens is 4. The van der Waals surface area contributed by atoms with Gasteiger partial charge in [0.05, 0.1) is 0 Å². The van der Waals surface area contributed by atoms with E-state index in [-0.39, 0.29) is 5.56 Å². The molecule has 0 spiro atoms. The first kappa shape index (κ1) is 15.1. The van der Waals surface area contributed by atoms with Crippen LogP contribution in [0.1, 0.15) is 11.1 Å². The molecule has 0 saturated heterocycles. The minimum atomic E-state index is -0.256. The predicted molar refractivity (Wildman–Crippen MR) is 99.1 cm³/mol. The van der Waals surface area contributed by atoms with Crippen molar-refractivity contribution in [1.82, 2.24) is 19.9 Å². The Morgan fingerprint density at radius 2 is 1.60 bits per heavy atom. The third-order valence-corrected chi connectivity index (χ3v) is 4.16. The second-order valence-electron chi connectivity index (χ2n) is 5.95. The van der Waals surface area contributed by atoms with Crippen molar-refractivity contribution < 1.29 is 0 Å². The van der Waals surface area contributed by atoms with Gasteiger partial charge in [0.25, 0.3) is 5.56 Å². The molecular formula is C19H17N5O. The minimum absolute atomic E-state index is 0.256. The number of nitrogens with zero attached hydrogens (tertiary/aromatic N) is 2. The first-order chi connectivity index (χ1) is 12.1. The second-order valence-corrected chi connectivity index (χ2v) is 5.95. The number of imidazole rings is 1. The summed E-state index contributed by atoms with van der Waals surface area (Å²) in [5.74, 6) is 1.01. The van der Waals surface area contributed by atoms with Crippen molar-refractivity contribution in [3.8, 4) is 11.4 Å². The molecule has 2 heterocycles. The van der Waals surface area contributed by atoms with E-state index < -0.39 is 0 Å². The fourth-order valence-electron chi connectivity index (χ4n) is 2.77. The standard InChI is InChI=1S/C19H17N5O/c1-11-7-3-5-9-13(11)16-21-15-17(22-16)23-19(24-18(15)25)20-14-10-6-4-8-12(14)2/h3-10H,1-2H3,(H3,20,21,22,23,24,25). The zero-order valence-corrected chi connectivity index (χ0v) is 13.9. The molecule has 0 fully saturated rings. The van der Waals surface area contributed by atoms with Crippen molar-refractivity contribution in [2.75, 3.05) is 5.32 Å². The van der Waals surface area contributed by atoms with Crippen molar-refractivity contribution in [3.05, 3.63) is 70.0 Å². The van der Waals surface area contributed by atoms with Crippen LogP contribution in [0.3, 0.4) is 0 Å². The highest BCUT2D eigenvalue weighted by Crippen LogP contribution is 2.22. The van der Waals surface area contributed by atoms with Crippen LogP contribution in [0.25, 0.3) is 22.6 Å². The average molecular weight is 331 g/mol. The van der Waals surface area contributed by atoms with Crippen LogP contribution in [0.5, 0.6) is 0 Å². The van der Waals surface area contributed by atoms with E-state index in [2.05, 4.69) is 25.3 Å². The number of aryl methyl sites for hydroxylation is 2. The van der Waals surface area contributed by atoms with Crippen molar-refractivity contribution in [1.29, 1.82) is 0 Å². The number of hydrogen-bond donors (Lipinski definition) is 3. The Morgan fingerprint density at radius 1 is 0.880 bits per heavy atom. The maximum atomic E-state index is 12.4. The zero-order valence-electron chi connectivity index (χ0n) is 13.9. The van der Waals surface area contributed by atoms with Gasteiger partial charge >= 0.3 is 0 Å². The molecule has 0 amide bonds. The Morgan fingerprint density at radius 3 is 2.36 bits per heavy atom. The molecule has 124 valence electrons. The lowest BCUT2D eigenvalue weighted by molar-refractivity contribution is 1.15. The molecule has 0 atom stereocenters. The summed E-state index contributed by atoms with van der Waals surface area (Å²) < 4.78 is 0. The molecule has 0 aliphatic heterocycles. The highest BCUT2D eigenvalue weighted by atomic mass is 16.1. The number of anilines is 2. The Bertz CT molecular complexity index is 1130. The summed E-state index contributed by atoms with van der Waals surface area (Å²) in [6.45, 7) is 4.00. The van der Waals surface area contributed by atoms with E-state index in [1.807, 2.05) is 62.4 Å². The van der Waals surface area contributed by atoms with Gasteiger partial charge in [-0.05, 0) is 31.0 Å². The van der Waals surface area contributed by atoms with Crippen LogP contribution in [0, 0.1) is 13.8 Å². The molecule has 0 saturated carbocycles. The van der Waals surface area contributed by atoms with Crippen LogP contribution in [0.2, 0.25) is 0 Å². The normalized spacial score (nSPS) is 11.0. The van der Waals surface area contributed by atoms with Gasteiger partial charge in [0.1, 0.15) is 5.82 Å². The van der Waals surface area contributed by atoms with Gasteiger partial charge in [0.15, 0.2) is 11.2 Å². The fourth-order valence-corrected chi connectivity index (χ4v) is 2.77. The van der Waals surface area contributed by atoms with Crippen LogP contribution >= 0.6 is 0 Å². The van der Waals surface area contributed by atoms with Crippen LogP contribution in [-0.4, -0.2) is 19.9 Å². The Balaban J connectivity index is 1.79. The zero-order chi connectivity index (χ0) is 17.4. The molecule has 0 bridgehead atoms. The summed E-state index contributed by atoms with van der Waals surface area (Å²) in [6, 6.07) is 15.7. The van der Waals surface area contributed by atoms with Gasteiger partial charge in [-0.15, -0.1) is 0 Å². The molecule has 0 aliphatic rings. The maximum Gasteiger partial charge on any atom is 0.278 e. The van der Waals surface area contributed by atoms with Crippen molar-refractivity contribution in [3.63, 3.8) is 0 Å². The maximum absolute atomic E-state index is 12.4. The summed E-state index contributed by atoms with van der Waals surface area (Å²) in [7, 11) is 0. The highest BCUT2D eigenvalue weighted by molar-refractivity contribution is 5.77. The first-order valence-electron chi connectivity index (χ1n) is 8.00. The van der Waals surface area contributed by atoms with Crippen molar-refractivity contribution in [2.24, 2.45) is 0 Å². The van der Waals surface area contributed by atoms with Gasteiger partial charge in [-0.3, -0.25) is 9.78 Å². The SMILES string of the molecule is Cc1ccccc1Nc1nc2nc(-c3ccccc3C)[nH]c2c(=O)[nH]1. The van der Waals surface area contributed by atoms with E-state index in [0.29, 0.717) is 22.9 Å². The lowest BCUT2D eigenvalue weighted by Gasteiger charge is -2.07.